The highest BCUT2D eigenvalue weighted by Crippen LogP contribution is 2.32. The monoisotopic (exact) mass is 496 g/mol. The molecular formula is C25H18Cl2N2O5. The van der Waals surface area contributed by atoms with Gasteiger partial charge in [0, 0.05) is 0 Å². The first kappa shape index (κ1) is 23.5. The predicted molar refractivity (Wildman–Crippen MR) is 127 cm³/mol. The van der Waals surface area contributed by atoms with Crippen LogP contribution in [0.4, 0.5) is 5.69 Å². The second-order valence-corrected chi connectivity index (χ2v) is 8.34. The summed E-state index contributed by atoms with van der Waals surface area (Å²) >= 11 is 11.9. The van der Waals surface area contributed by atoms with Crippen molar-refractivity contribution in [3.63, 3.8) is 0 Å². The van der Waals surface area contributed by atoms with Gasteiger partial charge in [-0.25, -0.2) is 4.79 Å². The molecule has 0 bridgehead atoms. The highest BCUT2D eigenvalue weighted by atomic mass is 35.5. The number of carbonyl (C=O) groups excluding carboxylic acids is 4. The SMILES string of the molecule is C[C@H](c1ccccc1)N1C(=O)c2ccc(C(=O)OCC(=O)Nc3cccc(Cl)c3Cl)cc2C1=O. The van der Waals surface area contributed by atoms with Crippen LogP contribution in [0.1, 0.15) is 49.6 Å². The molecule has 1 N–H and O–H groups in total. The molecule has 0 aliphatic carbocycles. The molecule has 0 saturated heterocycles. The summed E-state index contributed by atoms with van der Waals surface area (Å²) in [5.41, 5.74) is 1.45. The topological polar surface area (TPSA) is 92.8 Å². The normalized spacial score (nSPS) is 13.4. The largest absolute Gasteiger partial charge is 0.452 e. The number of esters is 1. The maximum Gasteiger partial charge on any atom is 0.338 e. The summed E-state index contributed by atoms with van der Waals surface area (Å²) in [6.07, 6.45) is 0. The minimum absolute atomic E-state index is 0.0442. The Morgan fingerprint density at radius 3 is 2.38 bits per heavy atom. The molecule has 4 rings (SSSR count). The third-order valence-corrected chi connectivity index (χ3v) is 6.20. The Labute approximate surface area is 205 Å². The van der Waals surface area contributed by atoms with Crippen LogP contribution < -0.4 is 5.32 Å². The molecule has 3 aromatic carbocycles. The van der Waals surface area contributed by atoms with Crippen molar-refractivity contribution in [2.75, 3.05) is 11.9 Å². The molecule has 3 aromatic rings. The lowest BCUT2D eigenvalue weighted by Gasteiger charge is -2.22. The van der Waals surface area contributed by atoms with E-state index >= 15 is 0 Å². The summed E-state index contributed by atoms with van der Waals surface area (Å²) in [6, 6.07) is 17.5. The number of benzene rings is 3. The van der Waals surface area contributed by atoms with E-state index < -0.39 is 36.3 Å². The maximum absolute atomic E-state index is 13.0. The van der Waals surface area contributed by atoms with E-state index in [0.717, 1.165) is 10.5 Å². The summed E-state index contributed by atoms with van der Waals surface area (Å²) in [5, 5.41) is 2.94. The number of hydrogen-bond donors (Lipinski definition) is 1. The lowest BCUT2D eigenvalue weighted by Crippen LogP contribution is -2.32. The Bertz CT molecular complexity index is 1310. The van der Waals surface area contributed by atoms with Gasteiger partial charge in [-0.05, 0) is 42.8 Å². The highest BCUT2D eigenvalue weighted by Gasteiger charge is 2.39. The molecular weight excluding hydrogens is 479 g/mol. The zero-order valence-electron chi connectivity index (χ0n) is 17.9. The van der Waals surface area contributed by atoms with Crippen molar-refractivity contribution in [1.29, 1.82) is 0 Å². The zero-order valence-corrected chi connectivity index (χ0v) is 19.4. The molecule has 34 heavy (non-hydrogen) atoms. The molecule has 9 heteroatoms. The van der Waals surface area contributed by atoms with Crippen LogP contribution >= 0.6 is 23.2 Å². The molecule has 3 amide bonds. The van der Waals surface area contributed by atoms with Crippen LogP contribution in [0.2, 0.25) is 10.0 Å². The molecule has 0 unspecified atom stereocenters. The number of hydrogen-bond acceptors (Lipinski definition) is 5. The van der Waals surface area contributed by atoms with Crippen molar-refractivity contribution in [2.24, 2.45) is 0 Å². The van der Waals surface area contributed by atoms with Crippen molar-refractivity contribution in [1.82, 2.24) is 4.90 Å². The maximum atomic E-state index is 13.0. The summed E-state index contributed by atoms with van der Waals surface area (Å²) < 4.78 is 5.06. The van der Waals surface area contributed by atoms with Gasteiger partial charge in [0.1, 0.15) is 0 Å². The van der Waals surface area contributed by atoms with E-state index in [2.05, 4.69) is 5.32 Å². The Hall–Kier alpha value is -3.68. The fraction of sp³-hybridized carbons (Fsp3) is 0.120. The summed E-state index contributed by atoms with van der Waals surface area (Å²) in [5.74, 6) is -2.37. The Morgan fingerprint density at radius 1 is 0.941 bits per heavy atom. The van der Waals surface area contributed by atoms with E-state index in [0.29, 0.717) is 0 Å². The van der Waals surface area contributed by atoms with Crippen LogP contribution in [-0.4, -0.2) is 35.2 Å². The molecule has 0 saturated carbocycles. The standard InChI is InChI=1S/C25H18Cl2N2O5/c1-14(15-6-3-2-4-7-15)29-23(31)17-11-10-16(12-18(17)24(29)32)25(33)34-13-21(30)28-20-9-5-8-19(26)22(20)27/h2-12,14H,13H2,1H3,(H,28,30)/t14-/m1/s1. The highest BCUT2D eigenvalue weighted by molar-refractivity contribution is 6.44. The second kappa shape index (κ2) is 9.67. The summed E-state index contributed by atoms with van der Waals surface area (Å²) in [7, 11) is 0. The number of amides is 3. The molecule has 172 valence electrons. The van der Waals surface area contributed by atoms with Gasteiger partial charge in [0.15, 0.2) is 6.61 Å². The average Bonchev–Trinajstić information content (AvgIpc) is 3.09. The van der Waals surface area contributed by atoms with E-state index in [9.17, 15) is 19.2 Å². The number of fused-ring (bicyclic) bond motifs is 1. The Balaban J connectivity index is 1.44. The molecule has 1 aliphatic rings. The Kier molecular flexibility index (Phi) is 6.68. The van der Waals surface area contributed by atoms with Gasteiger partial charge in [0.05, 0.1) is 38.5 Å². The molecule has 7 nitrogen and oxygen atoms in total. The molecule has 0 aromatic heterocycles. The van der Waals surface area contributed by atoms with Gasteiger partial charge < -0.3 is 10.1 Å². The van der Waals surface area contributed by atoms with Crippen molar-refractivity contribution >= 4 is 52.6 Å². The van der Waals surface area contributed by atoms with Crippen molar-refractivity contribution in [2.45, 2.75) is 13.0 Å². The number of imide groups is 1. The first-order valence-corrected chi connectivity index (χ1v) is 11.0. The number of nitrogens with zero attached hydrogens (tertiary/aromatic N) is 1. The fourth-order valence-corrected chi connectivity index (χ4v) is 3.97. The van der Waals surface area contributed by atoms with Crippen LogP contribution in [0.5, 0.6) is 0 Å². The summed E-state index contributed by atoms with van der Waals surface area (Å²) in [4.78, 5) is 51.7. The zero-order chi connectivity index (χ0) is 24.4. The van der Waals surface area contributed by atoms with E-state index in [4.69, 9.17) is 27.9 Å². The van der Waals surface area contributed by atoms with E-state index in [1.807, 2.05) is 30.3 Å². The van der Waals surface area contributed by atoms with Crippen LogP contribution in [0.25, 0.3) is 0 Å². The van der Waals surface area contributed by atoms with Crippen molar-refractivity contribution < 1.29 is 23.9 Å². The second-order valence-electron chi connectivity index (χ2n) is 7.55. The molecule has 1 atom stereocenters. The van der Waals surface area contributed by atoms with Crippen molar-refractivity contribution in [3.05, 3.63) is 99.0 Å². The van der Waals surface area contributed by atoms with Gasteiger partial charge in [-0.3, -0.25) is 19.3 Å². The lowest BCUT2D eigenvalue weighted by molar-refractivity contribution is -0.119. The number of halogens is 2. The third-order valence-electron chi connectivity index (χ3n) is 5.38. The first-order valence-electron chi connectivity index (χ1n) is 10.3. The van der Waals surface area contributed by atoms with Crippen LogP contribution in [-0.2, 0) is 9.53 Å². The minimum Gasteiger partial charge on any atom is -0.452 e. The lowest BCUT2D eigenvalue weighted by atomic mass is 10.1. The quantitative estimate of drug-likeness (QED) is 0.376. The number of ether oxygens (including phenoxy) is 1. The van der Waals surface area contributed by atoms with Gasteiger partial charge in [0.2, 0.25) is 0 Å². The number of rotatable bonds is 6. The van der Waals surface area contributed by atoms with Crippen LogP contribution in [0.3, 0.4) is 0 Å². The van der Waals surface area contributed by atoms with E-state index in [1.165, 1.54) is 18.2 Å². The molecule has 1 aliphatic heterocycles. The predicted octanol–water partition coefficient (Wildman–Crippen LogP) is 5.15. The Morgan fingerprint density at radius 2 is 1.65 bits per heavy atom. The van der Waals surface area contributed by atoms with E-state index in [1.54, 1.807) is 25.1 Å². The molecule has 0 radical (unpaired) electrons. The third kappa shape index (κ3) is 4.53. The number of anilines is 1. The molecule has 1 heterocycles. The summed E-state index contributed by atoms with van der Waals surface area (Å²) in [6.45, 7) is 1.18. The molecule has 0 fully saturated rings. The smallest absolute Gasteiger partial charge is 0.338 e. The van der Waals surface area contributed by atoms with Gasteiger partial charge in [-0.1, -0.05) is 59.6 Å². The van der Waals surface area contributed by atoms with Gasteiger partial charge in [0.25, 0.3) is 17.7 Å². The van der Waals surface area contributed by atoms with E-state index in [-0.39, 0.29) is 32.4 Å². The van der Waals surface area contributed by atoms with Crippen LogP contribution in [0, 0.1) is 0 Å². The average molecular weight is 497 g/mol. The van der Waals surface area contributed by atoms with Gasteiger partial charge >= 0.3 is 5.97 Å². The number of carbonyl (C=O) groups is 4. The molecule has 0 spiro atoms. The number of nitrogens with one attached hydrogen (secondary N) is 1. The van der Waals surface area contributed by atoms with Gasteiger partial charge in [-0.15, -0.1) is 0 Å². The first-order chi connectivity index (χ1) is 16.3. The fourth-order valence-electron chi connectivity index (χ4n) is 3.62. The van der Waals surface area contributed by atoms with Crippen molar-refractivity contribution in [3.8, 4) is 0 Å². The van der Waals surface area contributed by atoms with Crippen LogP contribution in [0.15, 0.2) is 66.7 Å². The minimum atomic E-state index is -0.815. The van der Waals surface area contributed by atoms with Gasteiger partial charge in [-0.2, -0.15) is 0 Å².